The summed E-state index contributed by atoms with van der Waals surface area (Å²) in [6.07, 6.45) is 2.16. The first-order valence-electron chi connectivity index (χ1n) is 6.82. The molecule has 4 nitrogen and oxygen atoms in total. The molecule has 1 amide bonds. The number of amides is 1. The van der Waals surface area contributed by atoms with Crippen LogP contribution in [0.3, 0.4) is 0 Å². The highest BCUT2D eigenvalue weighted by atomic mass is 16.5. The molecule has 0 bridgehead atoms. The zero-order valence-corrected chi connectivity index (χ0v) is 11.9. The molecule has 1 aromatic carbocycles. The maximum absolute atomic E-state index is 11.6. The summed E-state index contributed by atoms with van der Waals surface area (Å²) >= 11 is 0. The van der Waals surface area contributed by atoms with Gasteiger partial charge in [0.15, 0.2) is 6.61 Å². The van der Waals surface area contributed by atoms with Gasteiger partial charge in [-0.25, -0.2) is 0 Å². The van der Waals surface area contributed by atoms with Gasteiger partial charge in [0.2, 0.25) is 0 Å². The van der Waals surface area contributed by atoms with Crippen LogP contribution in [0.15, 0.2) is 18.2 Å². The van der Waals surface area contributed by atoms with Crippen LogP contribution in [0.5, 0.6) is 5.75 Å². The van der Waals surface area contributed by atoms with Crippen molar-refractivity contribution < 1.29 is 9.53 Å². The van der Waals surface area contributed by atoms with Gasteiger partial charge in [0.25, 0.3) is 5.91 Å². The molecule has 1 atom stereocenters. The minimum Gasteiger partial charge on any atom is -0.482 e. The predicted molar refractivity (Wildman–Crippen MR) is 76.8 cm³/mol. The van der Waals surface area contributed by atoms with Crippen molar-refractivity contribution in [2.75, 3.05) is 32.1 Å². The zero-order valence-electron chi connectivity index (χ0n) is 11.9. The molecular formula is C15H22N2O2. The third kappa shape index (κ3) is 3.07. The summed E-state index contributed by atoms with van der Waals surface area (Å²) in [5.41, 5.74) is 2.14. The van der Waals surface area contributed by atoms with Crippen molar-refractivity contribution in [3.05, 3.63) is 23.8 Å². The van der Waals surface area contributed by atoms with Crippen LogP contribution in [0.4, 0.5) is 5.69 Å². The second kappa shape index (κ2) is 6.06. The van der Waals surface area contributed by atoms with Gasteiger partial charge in [0.05, 0.1) is 5.69 Å². The van der Waals surface area contributed by atoms with Gasteiger partial charge in [-0.3, -0.25) is 4.79 Å². The fourth-order valence-electron chi connectivity index (χ4n) is 2.43. The normalized spacial score (nSPS) is 15.9. The average Bonchev–Trinajstić information content (AvgIpc) is 2.43. The molecule has 4 heteroatoms. The number of fused-ring (bicyclic) bond motifs is 1. The molecule has 0 fully saturated rings. The van der Waals surface area contributed by atoms with Crippen LogP contribution in [0, 0.1) is 5.92 Å². The summed E-state index contributed by atoms with van der Waals surface area (Å²) in [6.45, 7) is 3.36. The average molecular weight is 262 g/mol. The molecule has 1 aromatic rings. The van der Waals surface area contributed by atoms with E-state index in [9.17, 15) is 4.79 Å². The Morgan fingerprint density at radius 3 is 2.95 bits per heavy atom. The van der Waals surface area contributed by atoms with E-state index in [2.05, 4.69) is 24.4 Å². The summed E-state index contributed by atoms with van der Waals surface area (Å²) in [6, 6.07) is 6.14. The van der Waals surface area contributed by atoms with E-state index in [0.717, 1.165) is 30.8 Å². The molecule has 1 aliphatic heterocycles. The van der Waals surface area contributed by atoms with E-state index in [4.69, 9.17) is 4.74 Å². The predicted octanol–water partition coefficient (Wildman–Crippen LogP) is 1.83. The number of anilines is 1. The van der Waals surface area contributed by atoms with Crippen LogP contribution in [0.25, 0.3) is 0 Å². The highest BCUT2D eigenvalue weighted by molar-refractivity contribution is 5.97. The molecule has 1 unspecified atom stereocenters. The summed E-state index contributed by atoms with van der Waals surface area (Å²) < 4.78 is 5.44. The molecular weight excluding hydrogens is 240 g/mol. The van der Waals surface area contributed by atoms with E-state index < -0.39 is 0 Å². The largest absolute Gasteiger partial charge is 0.482 e. The van der Waals surface area contributed by atoms with Crippen LogP contribution >= 0.6 is 0 Å². The molecule has 2 rings (SSSR count). The second-order valence-corrected chi connectivity index (χ2v) is 5.08. The molecule has 0 aromatic heterocycles. The van der Waals surface area contributed by atoms with Gasteiger partial charge < -0.3 is 15.0 Å². The van der Waals surface area contributed by atoms with E-state index in [1.165, 1.54) is 5.56 Å². The molecule has 0 saturated heterocycles. The Hall–Kier alpha value is -1.55. The molecule has 1 N–H and O–H groups in total. The number of carbonyl (C=O) groups is 1. The maximum atomic E-state index is 11.6. The molecule has 0 spiro atoms. The summed E-state index contributed by atoms with van der Waals surface area (Å²) in [4.78, 5) is 13.3. The molecule has 1 heterocycles. The third-order valence-corrected chi connectivity index (χ3v) is 3.70. The lowest BCUT2D eigenvalue weighted by Crippen LogP contribution is -2.35. The number of hydrogen-bond donors (Lipinski definition) is 1. The first-order valence-corrected chi connectivity index (χ1v) is 6.82. The quantitative estimate of drug-likeness (QED) is 0.880. The van der Waals surface area contributed by atoms with Crippen molar-refractivity contribution in [3.8, 4) is 5.75 Å². The number of benzene rings is 1. The molecule has 0 saturated carbocycles. The van der Waals surface area contributed by atoms with Gasteiger partial charge in [0, 0.05) is 7.05 Å². The van der Waals surface area contributed by atoms with Gasteiger partial charge in [0.1, 0.15) is 5.75 Å². The van der Waals surface area contributed by atoms with Crippen molar-refractivity contribution in [1.82, 2.24) is 5.32 Å². The molecule has 0 radical (unpaired) electrons. The third-order valence-electron chi connectivity index (χ3n) is 3.70. The SMILES string of the molecule is CCC(CNC)Cc1ccc2c(c1)N(C)C(=O)CO2. The number of likely N-dealkylation sites (N-methyl/N-ethyl adjacent to an activating group) is 1. The maximum Gasteiger partial charge on any atom is 0.264 e. The number of hydrogen-bond acceptors (Lipinski definition) is 3. The van der Waals surface area contributed by atoms with Crippen molar-refractivity contribution in [2.24, 2.45) is 5.92 Å². The number of ether oxygens (including phenoxy) is 1. The lowest BCUT2D eigenvalue weighted by Gasteiger charge is -2.26. The smallest absolute Gasteiger partial charge is 0.264 e. The Labute approximate surface area is 114 Å². The molecule has 1 aliphatic rings. The molecule has 104 valence electrons. The van der Waals surface area contributed by atoms with Gasteiger partial charge >= 0.3 is 0 Å². The Kier molecular flexibility index (Phi) is 4.43. The fourth-order valence-corrected chi connectivity index (χ4v) is 2.43. The van der Waals surface area contributed by atoms with E-state index >= 15 is 0 Å². The number of carbonyl (C=O) groups excluding carboxylic acids is 1. The summed E-state index contributed by atoms with van der Waals surface area (Å²) in [5, 5.41) is 3.23. The Morgan fingerprint density at radius 2 is 2.26 bits per heavy atom. The Bertz CT molecular complexity index is 459. The van der Waals surface area contributed by atoms with Crippen LogP contribution in [0.1, 0.15) is 18.9 Å². The monoisotopic (exact) mass is 262 g/mol. The lowest BCUT2D eigenvalue weighted by atomic mass is 9.96. The van der Waals surface area contributed by atoms with Gasteiger partial charge in [-0.2, -0.15) is 0 Å². The van der Waals surface area contributed by atoms with E-state index in [1.807, 2.05) is 13.1 Å². The van der Waals surface area contributed by atoms with Gasteiger partial charge in [-0.15, -0.1) is 0 Å². The molecule has 19 heavy (non-hydrogen) atoms. The number of nitrogens with one attached hydrogen (secondary N) is 1. The zero-order chi connectivity index (χ0) is 13.8. The number of rotatable bonds is 5. The van der Waals surface area contributed by atoms with Gasteiger partial charge in [-0.1, -0.05) is 19.4 Å². The first kappa shape index (κ1) is 13.9. The molecule has 0 aliphatic carbocycles. The summed E-state index contributed by atoms with van der Waals surface area (Å²) in [5.74, 6) is 1.42. The standard InChI is InChI=1S/C15H22N2O2/c1-4-11(9-16-2)7-12-5-6-14-13(8-12)17(3)15(18)10-19-14/h5-6,8,11,16H,4,7,9-10H2,1-3H3. The van der Waals surface area contributed by atoms with Crippen LogP contribution in [0.2, 0.25) is 0 Å². The van der Waals surface area contributed by atoms with Crippen LogP contribution in [-0.4, -0.2) is 33.2 Å². The van der Waals surface area contributed by atoms with E-state index in [1.54, 1.807) is 11.9 Å². The fraction of sp³-hybridized carbons (Fsp3) is 0.533. The Balaban J connectivity index is 2.18. The summed E-state index contributed by atoms with van der Waals surface area (Å²) in [7, 11) is 3.79. The van der Waals surface area contributed by atoms with E-state index in [-0.39, 0.29) is 12.5 Å². The topological polar surface area (TPSA) is 41.6 Å². The van der Waals surface area contributed by atoms with Gasteiger partial charge in [-0.05, 0) is 43.6 Å². The van der Waals surface area contributed by atoms with Crippen molar-refractivity contribution in [3.63, 3.8) is 0 Å². The minimum atomic E-state index is 0.00640. The van der Waals surface area contributed by atoms with Crippen LogP contribution < -0.4 is 15.0 Å². The van der Waals surface area contributed by atoms with Crippen molar-refractivity contribution >= 4 is 11.6 Å². The Morgan fingerprint density at radius 1 is 1.47 bits per heavy atom. The van der Waals surface area contributed by atoms with Crippen molar-refractivity contribution in [2.45, 2.75) is 19.8 Å². The number of nitrogens with zero attached hydrogens (tertiary/aromatic N) is 1. The van der Waals surface area contributed by atoms with E-state index in [0.29, 0.717) is 5.92 Å². The van der Waals surface area contributed by atoms with Crippen molar-refractivity contribution in [1.29, 1.82) is 0 Å². The van der Waals surface area contributed by atoms with Crippen LogP contribution in [-0.2, 0) is 11.2 Å². The minimum absolute atomic E-state index is 0.00640. The highest BCUT2D eigenvalue weighted by Crippen LogP contribution is 2.32. The highest BCUT2D eigenvalue weighted by Gasteiger charge is 2.22. The first-order chi connectivity index (χ1) is 9.15. The second-order valence-electron chi connectivity index (χ2n) is 5.08. The lowest BCUT2D eigenvalue weighted by molar-refractivity contribution is -0.120.